The fourth-order valence-corrected chi connectivity index (χ4v) is 4.95. The molecule has 0 aliphatic carbocycles. The van der Waals surface area contributed by atoms with Gasteiger partial charge in [0.1, 0.15) is 20.6 Å². The molecule has 0 unspecified atom stereocenters. The Labute approximate surface area is 305 Å². The van der Waals surface area contributed by atoms with Crippen LogP contribution in [0.1, 0.15) is 33.6 Å². The Kier molecular flexibility index (Phi) is 17.0. The highest BCUT2D eigenvalue weighted by atomic mass is 127. The van der Waals surface area contributed by atoms with Gasteiger partial charge >= 0.3 is 6.71 Å². The van der Waals surface area contributed by atoms with Crippen molar-refractivity contribution in [2.24, 2.45) is 0 Å². The minimum atomic E-state index is -0.181. The van der Waals surface area contributed by atoms with Gasteiger partial charge in [-0.2, -0.15) is 0 Å². The summed E-state index contributed by atoms with van der Waals surface area (Å²) in [5.74, 6) is 13.4. The van der Waals surface area contributed by atoms with Crippen LogP contribution < -0.4 is 10.6 Å². The van der Waals surface area contributed by atoms with Crippen molar-refractivity contribution >= 4 is 73.5 Å². The van der Waals surface area contributed by atoms with E-state index in [0.717, 1.165) is 49.6 Å². The van der Waals surface area contributed by atoms with Crippen molar-refractivity contribution in [1.82, 2.24) is 28.2 Å². The summed E-state index contributed by atoms with van der Waals surface area (Å²) in [7, 11) is 1.70. The second-order valence-corrected chi connectivity index (χ2v) is 12.0. The highest BCUT2D eigenvalue weighted by Crippen LogP contribution is 2.14. The number of nitrogens with zero attached hydrogens (tertiary/aromatic N) is 6. The third kappa shape index (κ3) is 12.6. The number of anilines is 2. The average Bonchev–Trinajstić information content (AvgIpc) is 3.85. The van der Waals surface area contributed by atoms with E-state index in [0.29, 0.717) is 6.61 Å². The molecule has 6 aromatic rings. The predicted molar refractivity (Wildman–Crippen MR) is 211 cm³/mol. The molecule has 9 nitrogen and oxygen atoms in total. The maximum atomic E-state index is 5.09. The molecule has 6 heterocycles. The Balaban J connectivity index is 0.000000178. The van der Waals surface area contributed by atoms with Gasteiger partial charge in [-0.15, -0.1) is 35.7 Å². The number of aromatic nitrogens is 6. The summed E-state index contributed by atoms with van der Waals surface area (Å²) in [6.45, 7) is 8.07. The lowest BCUT2D eigenvalue weighted by atomic mass is 9.53. The van der Waals surface area contributed by atoms with E-state index in [1.807, 2.05) is 80.8 Å². The van der Waals surface area contributed by atoms with E-state index >= 15 is 0 Å². The number of unbranched alkanes of at least 4 members (excludes halogenated alkanes) is 1. The average molecular weight is 817 g/mol. The van der Waals surface area contributed by atoms with Crippen LogP contribution in [0.2, 0.25) is 0 Å². The molecule has 12 heteroatoms. The van der Waals surface area contributed by atoms with Crippen LogP contribution in [0.5, 0.6) is 0 Å². The number of imidazole rings is 3. The Morgan fingerprint density at radius 1 is 0.854 bits per heavy atom. The Bertz CT molecular complexity index is 2010. The summed E-state index contributed by atoms with van der Waals surface area (Å²) in [5.41, 5.74) is 5.14. The fraction of sp³-hybridized carbons (Fsp3) is 0.250. The lowest BCUT2D eigenvalue weighted by Crippen LogP contribution is -2.07. The van der Waals surface area contributed by atoms with Gasteiger partial charge in [0, 0.05) is 91.6 Å². The molecule has 0 atom stereocenters. The molecular weight excluding hydrogens is 778 g/mol. The topological polar surface area (TPSA) is 85.2 Å². The summed E-state index contributed by atoms with van der Waals surface area (Å²) in [6, 6.07) is 12.2. The third-order valence-corrected chi connectivity index (χ3v) is 7.76. The number of hydrogen-bond acceptors (Lipinski definition) is 6. The summed E-state index contributed by atoms with van der Waals surface area (Å²) in [4.78, 5) is 12.6. The smallest absolute Gasteiger partial charge is 0.385 e. The number of ether oxygens (including phenoxy) is 1. The predicted octanol–water partition coefficient (Wildman–Crippen LogP) is 7.42. The molecule has 2 N–H and O–H groups in total. The van der Waals surface area contributed by atoms with Crippen LogP contribution in [0.25, 0.3) is 16.9 Å². The Hall–Kier alpha value is -4.42. The fourth-order valence-electron chi connectivity index (χ4n) is 4.08. The first kappa shape index (κ1) is 38.0. The maximum Gasteiger partial charge on any atom is 0.394 e. The molecule has 0 aliphatic rings. The van der Waals surface area contributed by atoms with Crippen LogP contribution in [0.4, 0.5) is 11.4 Å². The molecule has 0 bridgehead atoms. The molecule has 0 aliphatic heterocycles. The van der Waals surface area contributed by atoms with Crippen molar-refractivity contribution in [2.75, 3.05) is 37.4 Å². The van der Waals surface area contributed by atoms with Gasteiger partial charge in [0.05, 0.1) is 12.8 Å². The molecule has 6 rings (SSSR count). The number of fused-ring (bicyclic) bond motifs is 3. The van der Waals surface area contributed by atoms with Crippen LogP contribution >= 0.6 is 38.5 Å². The largest absolute Gasteiger partial charge is 0.394 e. The van der Waals surface area contributed by atoms with Gasteiger partial charge in [0.2, 0.25) is 0 Å². The summed E-state index contributed by atoms with van der Waals surface area (Å²) in [5, 5.41) is 6.64. The normalized spacial score (nSPS) is 9.60. The first-order chi connectivity index (χ1) is 23.4. The van der Waals surface area contributed by atoms with Crippen LogP contribution in [0.15, 0.2) is 90.4 Å². The van der Waals surface area contributed by atoms with Crippen LogP contribution in [0, 0.1) is 39.4 Å². The number of halogens is 2. The number of pyridine rings is 3. The molecule has 0 radical (unpaired) electrons. The first-order valence-electron chi connectivity index (χ1n) is 15.3. The molecular formula is C36H39BBrIN8O. The SMILES string of the molecule is Brc1ccn2ccnc2c1.C#CB(C#CC)C#CC.CCCCNc1ccn2ccnc2c1.COCCNc1ccn2c(I)cnc2c1. The number of hydrogen-bond donors (Lipinski definition) is 2. The minimum absolute atomic E-state index is 0.181. The van der Waals surface area contributed by atoms with Crippen molar-refractivity contribution in [3.63, 3.8) is 0 Å². The van der Waals surface area contributed by atoms with E-state index < -0.39 is 0 Å². The van der Waals surface area contributed by atoms with Crippen molar-refractivity contribution in [1.29, 1.82) is 0 Å². The van der Waals surface area contributed by atoms with Gasteiger partial charge in [0.25, 0.3) is 0 Å². The quantitative estimate of drug-likeness (QED) is 0.0721. The summed E-state index contributed by atoms with van der Waals surface area (Å²) < 4.78 is 13.2. The zero-order valence-electron chi connectivity index (χ0n) is 27.6. The molecule has 0 saturated heterocycles. The molecule has 48 heavy (non-hydrogen) atoms. The van der Waals surface area contributed by atoms with Gasteiger partial charge in [-0.25, -0.2) is 15.0 Å². The lowest BCUT2D eigenvalue weighted by Gasteiger charge is -2.05. The lowest BCUT2D eigenvalue weighted by molar-refractivity contribution is 0.211. The monoisotopic (exact) mass is 816 g/mol. The van der Waals surface area contributed by atoms with Gasteiger partial charge in [-0.3, -0.25) is 4.40 Å². The molecule has 246 valence electrons. The number of rotatable bonds is 8. The van der Waals surface area contributed by atoms with Crippen molar-refractivity contribution in [3.8, 4) is 35.7 Å². The summed E-state index contributed by atoms with van der Waals surface area (Å²) >= 11 is 5.62. The third-order valence-electron chi connectivity index (χ3n) is 6.46. The van der Waals surface area contributed by atoms with E-state index in [-0.39, 0.29) is 6.71 Å². The first-order valence-corrected chi connectivity index (χ1v) is 17.2. The molecule has 0 fully saturated rings. The van der Waals surface area contributed by atoms with Crippen molar-refractivity contribution in [3.05, 3.63) is 94.1 Å². The minimum Gasteiger partial charge on any atom is -0.385 e. The van der Waals surface area contributed by atoms with E-state index in [2.05, 4.69) is 112 Å². The number of nitrogens with one attached hydrogen (secondary N) is 2. The standard InChI is InChI=1S/C11H15N3.C10H12IN3O.C8H7B.C7H5BrN2/c1-2-3-5-12-10-4-7-14-8-6-13-11(14)9-10;1-15-5-3-12-8-2-4-14-9(11)7-13-10(14)6-8;1-4-7-9(6-3)8-5-2;8-6-1-3-10-4-2-9-7(10)5-6/h4,6-9,12H,2-3,5H2,1H3;2,4,6-7,12H,3,5H2,1H3;3H,1-2H3;1-5H. The Morgan fingerprint density at radius 3 is 2.08 bits per heavy atom. The van der Waals surface area contributed by atoms with Crippen molar-refractivity contribution < 1.29 is 4.74 Å². The Morgan fingerprint density at radius 2 is 1.46 bits per heavy atom. The number of terminal acetylenes is 1. The highest BCUT2D eigenvalue weighted by molar-refractivity contribution is 14.1. The molecule has 0 aromatic carbocycles. The number of methoxy groups -OCH3 is 1. The van der Waals surface area contributed by atoms with Crippen LogP contribution in [-0.2, 0) is 4.74 Å². The molecule has 0 amide bonds. The van der Waals surface area contributed by atoms with Crippen LogP contribution in [-0.4, -0.2) is 61.7 Å². The van der Waals surface area contributed by atoms with Gasteiger partial charge < -0.3 is 24.2 Å². The molecule has 0 saturated carbocycles. The zero-order chi connectivity index (χ0) is 34.6. The van der Waals surface area contributed by atoms with E-state index in [9.17, 15) is 0 Å². The van der Waals surface area contributed by atoms with E-state index in [4.69, 9.17) is 11.2 Å². The highest BCUT2D eigenvalue weighted by Gasteiger charge is 2.01. The second kappa shape index (κ2) is 21.5. The van der Waals surface area contributed by atoms with Gasteiger partial charge in [0.15, 0.2) is 0 Å². The maximum absolute atomic E-state index is 5.09. The van der Waals surface area contributed by atoms with Crippen LogP contribution in [0.3, 0.4) is 0 Å². The van der Waals surface area contributed by atoms with E-state index in [1.165, 1.54) is 12.8 Å². The van der Waals surface area contributed by atoms with Gasteiger partial charge in [-0.1, -0.05) is 29.3 Å². The van der Waals surface area contributed by atoms with Crippen molar-refractivity contribution in [2.45, 2.75) is 33.6 Å². The molecule has 0 spiro atoms. The van der Waals surface area contributed by atoms with E-state index in [1.54, 1.807) is 27.2 Å². The molecule has 6 aromatic heterocycles. The second-order valence-electron chi connectivity index (χ2n) is 9.96. The zero-order valence-corrected chi connectivity index (χ0v) is 31.4. The van der Waals surface area contributed by atoms with Gasteiger partial charge in [-0.05, 0) is 67.1 Å². The summed E-state index contributed by atoms with van der Waals surface area (Å²) in [6.07, 6.45) is 22.8.